The SMILES string of the molecule is CC(C)C[C@H](O)CNC(=O)c1cccc2cc[nH]c12. The molecule has 2 rings (SSSR count). The van der Waals surface area contributed by atoms with E-state index in [-0.39, 0.29) is 12.5 Å². The first-order valence-corrected chi connectivity index (χ1v) is 6.60. The Morgan fingerprint density at radius 1 is 1.37 bits per heavy atom. The largest absolute Gasteiger partial charge is 0.391 e. The van der Waals surface area contributed by atoms with Gasteiger partial charge in [-0.05, 0) is 24.5 Å². The van der Waals surface area contributed by atoms with Crippen LogP contribution in [-0.4, -0.2) is 28.6 Å². The van der Waals surface area contributed by atoms with Crippen molar-refractivity contribution in [3.63, 3.8) is 0 Å². The van der Waals surface area contributed by atoms with E-state index in [1.807, 2.05) is 38.2 Å². The molecule has 0 aliphatic carbocycles. The number of aliphatic hydroxyl groups is 1. The van der Waals surface area contributed by atoms with E-state index in [1.54, 1.807) is 6.07 Å². The number of fused-ring (bicyclic) bond motifs is 1. The van der Waals surface area contributed by atoms with E-state index >= 15 is 0 Å². The van der Waals surface area contributed by atoms with Gasteiger partial charge in [-0.1, -0.05) is 26.0 Å². The van der Waals surface area contributed by atoms with Gasteiger partial charge in [0.1, 0.15) is 0 Å². The first kappa shape index (κ1) is 13.6. The standard InChI is InChI=1S/C15H20N2O2/c1-10(2)8-12(18)9-17-15(19)13-5-3-4-11-6-7-16-14(11)13/h3-7,10,12,16,18H,8-9H2,1-2H3,(H,17,19)/t12-/m0/s1. The Morgan fingerprint density at radius 2 is 2.16 bits per heavy atom. The summed E-state index contributed by atoms with van der Waals surface area (Å²) in [5.41, 5.74) is 1.44. The third kappa shape index (κ3) is 3.35. The van der Waals surface area contributed by atoms with Crippen LogP contribution in [-0.2, 0) is 0 Å². The summed E-state index contributed by atoms with van der Waals surface area (Å²) in [6, 6.07) is 7.52. The molecule has 1 aromatic carbocycles. The summed E-state index contributed by atoms with van der Waals surface area (Å²) in [4.78, 5) is 15.2. The minimum absolute atomic E-state index is 0.157. The number of rotatable bonds is 5. The predicted molar refractivity (Wildman–Crippen MR) is 76.1 cm³/mol. The molecule has 4 nitrogen and oxygen atoms in total. The average molecular weight is 260 g/mol. The summed E-state index contributed by atoms with van der Waals surface area (Å²) in [7, 11) is 0. The highest BCUT2D eigenvalue weighted by Gasteiger charge is 2.13. The van der Waals surface area contributed by atoms with E-state index in [4.69, 9.17) is 0 Å². The molecule has 4 heteroatoms. The number of para-hydroxylation sites is 1. The van der Waals surface area contributed by atoms with Crippen LogP contribution in [0.25, 0.3) is 10.9 Å². The Labute approximate surface area is 112 Å². The summed E-state index contributed by atoms with van der Waals surface area (Å²) in [5, 5.41) is 13.6. The van der Waals surface area contributed by atoms with Crippen molar-refractivity contribution in [3.8, 4) is 0 Å². The van der Waals surface area contributed by atoms with Crippen LogP contribution in [0.2, 0.25) is 0 Å². The minimum atomic E-state index is -0.494. The zero-order valence-electron chi connectivity index (χ0n) is 11.3. The molecular formula is C15H20N2O2. The van der Waals surface area contributed by atoms with E-state index < -0.39 is 6.10 Å². The van der Waals surface area contributed by atoms with Crippen molar-refractivity contribution >= 4 is 16.8 Å². The van der Waals surface area contributed by atoms with Crippen molar-refractivity contribution in [3.05, 3.63) is 36.0 Å². The third-order valence-corrected chi connectivity index (χ3v) is 3.07. The summed E-state index contributed by atoms with van der Waals surface area (Å²) in [6.45, 7) is 4.38. The van der Waals surface area contributed by atoms with Crippen LogP contribution in [0.1, 0.15) is 30.6 Å². The van der Waals surface area contributed by atoms with Crippen molar-refractivity contribution in [1.82, 2.24) is 10.3 Å². The zero-order valence-corrected chi connectivity index (χ0v) is 11.3. The van der Waals surface area contributed by atoms with Gasteiger partial charge in [0.15, 0.2) is 0 Å². The Hall–Kier alpha value is -1.81. The Morgan fingerprint density at radius 3 is 2.89 bits per heavy atom. The Balaban J connectivity index is 2.02. The van der Waals surface area contributed by atoms with Crippen LogP contribution in [0, 0.1) is 5.92 Å². The molecule has 0 bridgehead atoms. The Kier molecular flexibility index (Phi) is 4.22. The third-order valence-electron chi connectivity index (χ3n) is 3.07. The highest BCUT2D eigenvalue weighted by molar-refractivity contribution is 6.05. The van der Waals surface area contributed by atoms with E-state index in [0.717, 1.165) is 10.9 Å². The van der Waals surface area contributed by atoms with E-state index in [0.29, 0.717) is 17.9 Å². The number of carbonyl (C=O) groups is 1. The van der Waals surface area contributed by atoms with Gasteiger partial charge in [-0.15, -0.1) is 0 Å². The van der Waals surface area contributed by atoms with Gasteiger partial charge in [-0.2, -0.15) is 0 Å². The molecule has 2 aromatic rings. The van der Waals surface area contributed by atoms with E-state index in [1.165, 1.54) is 0 Å². The molecule has 0 saturated carbocycles. The number of amides is 1. The molecule has 1 atom stereocenters. The summed E-state index contributed by atoms with van der Waals surface area (Å²) in [6.07, 6.45) is 2.01. The molecule has 0 saturated heterocycles. The number of hydrogen-bond donors (Lipinski definition) is 3. The lowest BCUT2D eigenvalue weighted by atomic mass is 10.1. The van der Waals surface area contributed by atoms with Gasteiger partial charge in [0.05, 0.1) is 17.2 Å². The second-order valence-corrected chi connectivity index (χ2v) is 5.24. The lowest BCUT2D eigenvalue weighted by Crippen LogP contribution is -2.32. The number of nitrogens with one attached hydrogen (secondary N) is 2. The normalized spacial score (nSPS) is 12.8. The van der Waals surface area contributed by atoms with Crippen molar-refractivity contribution < 1.29 is 9.90 Å². The van der Waals surface area contributed by atoms with Crippen LogP contribution in [0.5, 0.6) is 0 Å². The molecule has 102 valence electrons. The van der Waals surface area contributed by atoms with Gasteiger partial charge >= 0.3 is 0 Å². The van der Waals surface area contributed by atoms with E-state index in [9.17, 15) is 9.90 Å². The monoisotopic (exact) mass is 260 g/mol. The lowest BCUT2D eigenvalue weighted by Gasteiger charge is -2.14. The molecule has 0 radical (unpaired) electrons. The zero-order chi connectivity index (χ0) is 13.8. The predicted octanol–water partition coefficient (Wildman–Crippen LogP) is 2.30. The van der Waals surface area contributed by atoms with Gasteiger partial charge in [0, 0.05) is 18.1 Å². The molecule has 0 aliphatic rings. The number of H-pyrrole nitrogens is 1. The highest BCUT2D eigenvalue weighted by atomic mass is 16.3. The Bertz CT molecular complexity index is 560. The van der Waals surface area contributed by atoms with Crippen molar-refractivity contribution in [2.75, 3.05) is 6.54 Å². The molecule has 0 aliphatic heterocycles. The maximum atomic E-state index is 12.1. The lowest BCUT2D eigenvalue weighted by molar-refractivity contribution is 0.0901. The van der Waals surface area contributed by atoms with Gasteiger partial charge < -0.3 is 15.4 Å². The fraction of sp³-hybridized carbons (Fsp3) is 0.400. The average Bonchev–Trinajstić information content (AvgIpc) is 2.83. The van der Waals surface area contributed by atoms with Gasteiger partial charge in [0.25, 0.3) is 5.91 Å². The molecular weight excluding hydrogens is 240 g/mol. The quantitative estimate of drug-likeness (QED) is 0.772. The number of benzene rings is 1. The topological polar surface area (TPSA) is 65.1 Å². The maximum Gasteiger partial charge on any atom is 0.253 e. The molecule has 1 heterocycles. The van der Waals surface area contributed by atoms with Crippen molar-refractivity contribution in [1.29, 1.82) is 0 Å². The summed E-state index contributed by atoms with van der Waals surface area (Å²) >= 11 is 0. The molecule has 1 amide bonds. The van der Waals surface area contributed by atoms with Crippen molar-refractivity contribution in [2.24, 2.45) is 5.92 Å². The minimum Gasteiger partial charge on any atom is -0.391 e. The second-order valence-electron chi connectivity index (χ2n) is 5.24. The first-order chi connectivity index (χ1) is 9.08. The molecule has 0 fully saturated rings. The number of aliphatic hydroxyl groups excluding tert-OH is 1. The van der Waals surface area contributed by atoms with Gasteiger partial charge in [-0.3, -0.25) is 4.79 Å². The number of hydrogen-bond acceptors (Lipinski definition) is 2. The van der Waals surface area contributed by atoms with Crippen molar-refractivity contribution in [2.45, 2.75) is 26.4 Å². The number of aromatic nitrogens is 1. The number of carbonyl (C=O) groups excluding carboxylic acids is 1. The molecule has 19 heavy (non-hydrogen) atoms. The molecule has 3 N–H and O–H groups in total. The van der Waals surface area contributed by atoms with Gasteiger partial charge in [-0.25, -0.2) is 0 Å². The van der Waals surface area contributed by atoms with Crippen LogP contribution in [0.3, 0.4) is 0 Å². The molecule has 0 spiro atoms. The molecule has 1 aromatic heterocycles. The van der Waals surface area contributed by atoms with Crippen LogP contribution >= 0.6 is 0 Å². The second kappa shape index (κ2) is 5.89. The van der Waals surface area contributed by atoms with Gasteiger partial charge in [0.2, 0.25) is 0 Å². The fourth-order valence-corrected chi connectivity index (χ4v) is 2.21. The maximum absolute atomic E-state index is 12.1. The molecule has 0 unspecified atom stereocenters. The van der Waals surface area contributed by atoms with Crippen LogP contribution < -0.4 is 5.32 Å². The number of aromatic amines is 1. The summed E-state index contributed by atoms with van der Waals surface area (Å²) < 4.78 is 0. The summed E-state index contributed by atoms with van der Waals surface area (Å²) in [5.74, 6) is 0.259. The first-order valence-electron chi connectivity index (χ1n) is 6.60. The highest BCUT2D eigenvalue weighted by Crippen LogP contribution is 2.16. The van der Waals surface area contributed by atoms with E-state index in [2.05, 4.69) is 10.3 Å². The van der Waals surface area contributed by atoms with Crippen LogP contribution in [0.15, 0.2) is 30.5 Å². The smallest absolute Gasteiger partial charge is 0.253 e. The van der Waals surface area contributed by atoms with Crippen LogP contribution in [0.4, 0.5) is 0 Å². The fourth-order valence-electron chi connectivity index (χ4n) is 2.21.